The first-order valence-electron chi connectivity index (χ1n) is 10.2. The molecule has 31 heavy (non-hydrogen) atoms. The zero-order valence-electron chi connectivity index (χ0n) is 17.2. The minimum absolute atomic E-state index is 0.0991. The second-order valence-corrected chi connectivity index (χ2v) is 7.87. The van der Waals surface area contributed by atoms with E-state index in [1.54, 1.807) is 17.2 Å². The second-order valence-electron chi connectivity index (χ2n) is 7.87. The van der Waals surface area contributed by atoms with E-state index >= 15 is 0 Å². The smallest absolute Gasteiger partial charge is 0.278 e. The zero-order valence-corrected chi connectivity index (χ0v) is 17.2. The summed E-state index contributed by atoms with van der Waals surface area (Å²) in [7, 11) is 1.30. The molecule has 7 nitrogen and oxygen atoms in total. The van der Waals surface area contributed by atoms with Gasteiger partial charge in [0, 0.05) is 50.4 Å². The van der Waals surface area contributed by atoms with E-state index in [0.29, 0.717) is 18.7 Å². The van der Waals surface area contributed by atoms with Crippen LogP contribution in [0.3, 0.4) is 0 Å². The molecule has 0 aliphatic carbocycles. The fourth-order valence-corrected chi connectivity index (χ4v) is 4.47. The molecule has 2 unspecified atom stereocenters. The third kappa shape index (κ3) is 4.15. The van der Waals surface area contributed by atoms with E-state index in [9.17, 15) is 13.6 Å². The fraction of sp³-hybridized carbons (Fsp3) is 0.455. The van der Waals surface area contributed by atoms with Crippen molar-refractivity contribution in [3.05, 3.63) is 47.8 Å². The molecule has 162 valence electrons. The van der Waals surface area contributed by atoms with E-state index in [1.165, 1.54) is 25.4 Å². The molecule has 2 aliphatic rings. The topological polar surface area (TPSA) is 82.4 Å². The molecule has 0 N–H and O–H groups in total. The number of nitrogens with zero attached hydrogens (tertiary/aromatic N) is 5. The molecule has 0 saturated carbocycles. The molecule has 2 aromatic rings. The number of alkyl halides is 2. The van der Waals surface area contributed by atoms with E-state index in [0.717, 1.165) is 18.7 Å². The maximum atomic E-state index is 14.7. The van der Waals surface area contributed by atoms with Gasteiger partial charge in [-0.25, -0.2) is 18.7 Å². The van der Waals surface area contributed by atoms with Crippen LogP contribution in [0.2, 0.25) is 0 Å². The standard InChI is InChI=1S/C22H23F2N5O2/c1-31-21-18(3-2-10-26-21)22(23,24)9-8-20(30)28-13-16-5-6-17(14-28)29(16)19-7-4-15(11-25)12-27-19/h2-4,7,10,12,16-17H,5-6,8-9,13-14H2,1H3. The molecule has 0 aromatic carbocycles. The minimum Gasteiger partial charge on any atom is -0.481 e. The molecular formula is C22H23F2N5O2. The Hall–Kier alpha value is -3.28. The van der Waals surface area contributed by atoms with Gasteiger partial charge in [-0.1, -0.05) is 0 Å². The molecular weight excluding hydrogens is 404 g/mol. The predicted molar refractivity (Wildman–Crippen MR) is 109 cm³/mol. The van der Waals surface area contributed by atoms with Crippen molar-refractivity contribution in [2.75, 3.05) is 25.1 Å². The summed E-state index contributed by atoms with van der Waals surface area (Å²) < 4.78 is 34.4. The Morgan fingerprint density at radius 2 is 2.00 bits per heavy atom. The minimum atomic E-state index is -3.21. The number of pyridine rings is 2. The fourth-order valence-electron chi connectivity index (χ4n) is 4.47. The summed E-state index contributed by atoms with van der Waals surface area (Å²) in [5.41, 5.74) is 0.193. The monoisotopic (exact) mass is 427 g/mol. The number of amides is 1. The van der Waals surface area contributed by atoms with Crippen LogP contribution in [0.5, 0.6) is 5.88 Å². The van der Waals surface area contributed by atoms with Gasteiger partial charge >= 0.3 is 0 Å². The third-order valence-corrected chi connectivity index (χ3v) is 5.99. The van der Waals surface area contributed by atoms with Crippen molar-refractivity contribution < 1.29 is 18.3 Å². The highest BCUT2D eigenvalue weighted by molar-refractivity contribution is 5.77. The van der Waals surface area contributed by atoms with Gasteiger partial charge < -0.3 is 14.5 Å². The quantitative estimate of drug-likeness (QED) is 0.705. The summed E-state index contributed by atoms with van der Waals surface area (Å²) >= 11 is 0. The highest BCUT2D eigenvalue weighted by atomic mass is 19.3. The molecule has 2 fully saturated rings. The van der Waals surface area contributed by atoms with Crippen LogP contribution >= 0.6 is 0 Å². The van der Waals surface area contributed by atoms with Crippen LogP contribution in [-0.2, 0) is 10.7 Å². The van der Waals surface area contributed by atoms with Crippen molar-refractivity contribution in [1.82, 2.24) is 14.9 Å². The van der Waals surface area contributed by atoms with E-state index in [-0.39, 0.29) is 35.9 Å². The maximum Gasteiger partial charge on any atom is 0.278 e. The SMILES string of the molecule is COc1ncccc1C(F)(F)CCC(=O)N1CC2CCC(C1)N2c1ccc(C#N)cn1. The number of rotatable bonds is 6. The number of ether oxygens (including phenoxy) is 1. The number of hydrogen-bond donors (Lipinski definition) is 0. The van der Waals surface area contributed by atoms with E-state index in [4.69, 9.17) is 10.00 Å². The van der Waals surface area contributed by atoms with E-state index in [1.807, 2.05) is 6.07 Å². The summed E-state index contributed by atoms with van der Waals surface area (Å²) in [5, 5.41) is 8.95. The summed E-state index contributed by atoms with van der Waals surface area (Å²) in [6.45, 7) is 0.970. The van der Waals surface area contributed by atoms with Crippen molar-refractivity contribution in [3.63, 3.8) is 0 Å². The van der Waals surface area contributed by atoms with Crippen molar-refractivity contribution in [3.8, 4) is 11.9 Å². The number of hydrogen-bond acceptors (Lipinski definition) is 6. The molecule has 0 spiro atoms. The van der Waals surface area contributed by atoms with Crippen molar-refractivity contribution in [2.45, 2.75) is 43.7 Å². The first-order chi connectivity index (χ1) is 14.9. The summed E-state index contributed by atoms with van der Waals surface area (Å²) in [6.07, 6.45) is 3.92. The van der Waals surface area contributed by atoms with Crippen LogP contribution in [-0.4, -0.2) is 53.1 Å². The van der Waals surface area contributed by atoms with Crippen molar-refractivity contribution in [1.29, 1.82) is 5.26 Å². The Morgan fingerprint density at radius 1 is 1.26 bits per heavy atom. The lowest BCUT2D eigenvalue weighted by Crippen LogP contribution is -2.55. The largest absolute Gasteiger partial charge is 0.481 e. The Balaban J connectivity index is 1.39. The normalized spacial score (nSPS) is 20.5. The Morgan fingerprint density at radius 3 is 2.61 bits per heavy atom. The number of carbonyl (C=O) groups excluding carboxylic acids is 1. The molecule has 4 heterocycles. The van der Waals surface area contributed by atoms with Crippen molar-refractivity contribution >= 4 is 11.7 Å². The number of halogens is 2. The first-order valence-corrected chi connectivity index (χ1v) is 10.2. The Labute approximate surface area is 179 Å². The predicted octanol–water partition coefficient (Wildman–Crippen LogP) is 3.11. The Kier molecular flexibility index (Phi) is 5.72. The molecule has 2 saturated heterocycles. The highest BCUT2D eigenvalue weighted by Crippen LogP contribution is 2.38. The molecule has 2 bridgehead atoms. The summed E-state index contributed by atoms with van der Waals surface area (Å²) in [6, 6.07) is 8.52. The number of anilines is 1. The first kappa shape index (κ1) is 21.0. The lowest BCUT2D eigenvalue weighted by molar-refractivity contribution is -0.134. The van der Waals surface area contributed by atoms with Gasteiger partial charge in [0.2, 0.25) is 11.8 Å². The molecule has 0 radical (unpaired) electrons. The maximum absolute atomic E-state index is 14.7. The summed E-state index contributed by atoms with van der Waals surface area (Å²) in [5.74, 6) is -2.81. The molecule has 1 amide bonds. The van der Waals surface area contributed by atoms with Gasteiger partial charge in [0.25, 0.3) is 5.92 Å². The average Bonchev–Trinajstić information content (AvgIpc) is 3.06. The van der Waals surface area contributed by atoms with Gasteiger partial charge in [-0.3, -0.25) is 4.79 Å². The summed E-state index contributed by atoms with van der Waals surface area (Å²) in [4.78, 5) is 24.9. The van der Waals surface area contributed by atoms with Crippen LogP contribution in [0.15, 0.2) is 36.7 Å². The van der Waals surface area contributed by atoms with E-state index < -0.39 is 12.3 Å². The lowest BCUT2D eigenvalue weighted by Gasteiger charge is -2.42. The Bertz CT molecular complexity index is 978. The molecule has 9 heteroatoms. The lowest BCUT2D eigenvalue weighted by atomic mass is 10.0. The van der Waals surface area contributed by atoms with Gasteiger partial charge in [0.05, 0.1) is 18.2 Å². The van der Waals surface area contributed by atoms with Gasteiger partial charge in [0.1, 0.15) is 11.9 Å². The number of carbonyl (C=O) groups is 1. The molecule has 2 atom stereocenters. The number of piperazine rings is 1. The van der Waals surface area contributed by atoms with Crippen LogP contribution < -0.4 is 9.64 Å². The van der Waals surface area contributed by atoms with Crippen LogP contribution in [0.1, 0.15) is 36.8 Å². The van der Waals surface area contributed by atoms with Gasteiger partial charge in [0.15, 0.2) is 0 Å². The second kappa shape index (κ2) is 8.46. The van der Waals surface area contributed by atoms with Crippen LogP contribution in [0.4, 0.5) is 14.6 Å². The van der Waals surface area contributed by atoms with Gasteiger partial charge in [-0.15, -0.1) is 0 Å². The van der Waals surface area contributed by atoms with Gasteiger partial charge in [-0.05, 0) is 37.1 Å². The molecule has 2 aliphatic heterocycles. The van der Waals surface area contributed by atoms with Crippen LogP contribution in [0, 0.1) is 11.3 Å². The number of likely N-dealkylation sites (tertiary alicyclic amines) is 1. The number of methoxy groups -OCH3 is 1. The van der Waals surface area contributed by atoms with Gasteiger partial charge in [-0.2, -0.15) is 5.26 Å². The van der Waals surface area contributed by atoms with E-state index in [2.05, 4.69) is 20.9 Å². The molecule has 2 aromatic heterocycles. The third-order valence-electron chi connectivity index (χ3n) is 5.99. The molecule has 4 rings (SSSR count). The highest BCUT2D eigenvalue weighted by Gasteiger charge is 2.43. The average molecular weight is 427 g/mol. The zero-order chi connectivity index (χ0) is 22.0. The number of fused-ring (bicyclic) bond motifs is 2. The van der Waals surface area contributed by atoms with Crippen LogP contribution in [0.25, 0.3) is 0 Å². The number of aromatic nitrogens is 2. The van der Waals surface area contributed by atoms with Crippen molar-refractivity contribution in [2.24, 2.45) is 0 Å². The number of nitriles is 1.